The molecule has 3 aromatic rings. The maximum Gasteiger partial charge on any atom is 0.277 e. The number of fused-ring (bicyclic) bond motifs is 1. The minimum absolute atomic E-state index is 0.140. The van der Waals surface area contributed by atoms with Crippen LogP contribution in [0.1, 0.15) is 33.8 Å². The van der Waals surface area contributed by atoms with E-state index < -0.39 is 0 Å². The monoisotopic (exact) mass is 366 g/mol. The fraction of sp³-hybridized carbons (Fsp3) is 0.250. The molecule has 1 aliphatic rings. The van der Waals surface area contributed by atoms with Gasteiger partial charge in [-0.25, -0.2) is 0 Å². The molecule has 0 bridgehead atoms. The topological polar surface area (TPSA) is 65.2 Å². The Balaban J connectivity index is 1.47. The molecule has 1 atom stereocenters. The van der Waals surface area contributed by atoms with Crippen LogP contribution >= 0.6 is 11.8 Å². The lowest BCUT2D eigenvalue weighted by molar-refractivity contribution is 0.0979. The number of aromatic nitrogens is 2. The molecule has 0 fully saturated rings. The Kier molecular flexibility index (Phi) is 4.75. The van der Waals surface area contributed by atoms with Crippen molar-refractivity contribution >= 4 is 17.5 Å². The summed E-state index contributed by atoms with van der Waals surface area (Å²) in [6, 6.07) is 15.5. The number of ether oxygens (including phenoxy) is 1. The van der Waals surface area contributed by atoms with Crippen LogP contribution in [0.25, 0.3) is 0 Å². The SMILES string of the molecule is COc1ccccc1Cc1nnc(S[C@@H]2CCc3ccccc3C2=O)o1. The van der Waals surface area contributed by atoms with E-state index in [0.717, 1.165) is 35.3 Å². The van der Waals surface area contributed by atoms with Crippen molar-refractivity contribution in [2.24, 2.45) is 0 Å². The third kappa shape index (κ3) is 3.37. The average molecular weight is 366 g/mol. The van der Waals surface area contributed by atoms with E-state index in [4.69, 9.17) is 9.15 Å². The number of nitrogens with zero attached hydrogens (tertiary/aromatic N) is 2. The molecule has 132 valence electrons. The van der Waals surface area contributed by atoms with E-state index in [0.29, 0.717) is 17.5 Å². The molecule has 4 rings (SSSR count). The van der Waals surface area contributed by atoms with E-state index in [1.54, 1.807) is 7.11 Å². The first kappa shape index (κ1) is 16.8. The van der Waals surface area contributed by atoms with Crippen molar-refractivity contribution in [3.8, 4) is 5.75 Å². The molecule has 0 N–H and O–H groups in total. The van der Waals surface area contributed by atoms with Crippen LogP contribution in [-0.4, -0.2) is 28.3 Å². The summed E-state index contributed by atoms with van der Waals surface area (Å²) < 4.78 is 11.1. The molecule has 0 saturated carbocycles. The molecule has 0 aliphatic heterocycles. The Morgan fingerprint density at radius 3 is 2.85 bits per heavy atom. The molecule has 0 spiro atoms. The minimum atomic E-state index is -0.176. The van der Waals surface area contributed by atoms with Gasteiger partial charge in [0.15, 0.2) is 5.78 Å². The van der Waals surface area contributed by atoms with Crippen molar-refractivity contribution in [3.63, 3.8) is 0 Å². The Bertz CT molecular complexity index is 938. The van der Waals surface area contributed by atoms with Crippen molar-refractivity contribution in [2.75, 3.05) is 7.11 Å². The lowest BCUT2D eigenvalue weighted by atomic mass is 9.90. The van der Waals surface area contributed by atoms with Crippen LogP contribution in [0.2, 0.25) is 0 Å². The number of Topliss-reactive ketones (excluding diaryl/α,β-unsaturated/α-hetero) is 1. The molecular weight excluding hydrogens is 348 g/mol. The summed E-state index contributed by atoms with van der Waals surface area (Å²) in [6.07, 6.45) is 2.17. The Morgan fingerprint density at radius 1 is 1.15 bits per heavy atom. The zero-order chi connectivity index (χ0) is 17.9. The van der Waals surface area contributed by atoms with E-state index >= 15 is 0 Å². The summed E-state index contributed by atoms with van der Waals surface area (Å²) in [5, 5.41) is 8.48. The molecule has 1 heterocycles. The van der Waals surface area contributed by atoms with Gasteiger partial charge in [0.05, 0.1) is 18.8 Å². The van der Waals surface area contributed by atoms with Gasteiger partial charge in [0.2, 0.25) is 5.89 Å². The number of rotatable bonds is 5. The predicted molar refractivity (Wildman–Crippen MR) is 98.8 cm³/mol. The van der Waals surface area contributed by atoms with Crippen LogP contribution < -0.4 is 4.74 Å². The highest BCUT2D eigenvalue weighted by Gasteiger charge is 2.29. The number of aryl methyl sites for hydroxylation is 1. The van der Waals surface area contributed by atoms with Crippen LogP contribution in [0.15, 0.2) is 58.2 Å². The summed E-state index contributed by atoms with van der Waals surface area (Å²) >= 11 is 1.36. The number of hydrogen-bond acceptors (Lipinski definition) is 6. The third-order valence-corrected chi connectivity index (χ3v) is 5.58. The average Bonchev–Trinajstić information content (AvgIpc) is 3.12. The van der Waals surface area contributed by atoms with Crippen LogP contribution in [0.3, 0.4) is 0 Å². The number of carbonyl (C=O) groups is 1. The second-order valence-electron chi connectivity index (χ2n) is 6.12. The summed E-state index contributed by atoms with van der Waals surface area (Å²) in [7, 11) is 1.64. The van der Waals surface area contributed by atoms with Gasteiger partial charge in [0, 0.05) is 11.1 Å². The summed E-state index contributed by atoms with van der Waals surface area (Å²) in [5.74, 6) is 1.45. The first-order chi connectivity index (χ1) is 12.7. The number of hydrogen-bond donors (Lipinski definition) is 0. The smallest absolute Gasteiger partial charge is 0.277 e. The van der Waals surface area contributed by atoms with Crippen molar-refractivity contribution in [1.29, 1.82) is 0 Å². The zero-order valence-electron chi connectivity index (χ0n) is 14.3. The molecule has 6 heteroatoms. The molecule has 0 radical (unpaired) electrons. The van der Waals surface area contributed by atoms with Gasteiger partial charge in [-0.15, -0.1) is 10.2 Å². The lowest BCUT2D eigenvalue weighted by Crippen LogP contribution is -2.24. The van der Waals surface area contributed by atoms with E-state index in [1.165, 1.54) is 11.8 Å². The Morgan fingerprint density at radius 2 is 1.96 bits per heavy atom. The first-order valence-corrected chi connectivity index (χ1v) is 9.35. The quantitative estimate of drug-likeness (QED) is 0.681. The predicted octanol–water partition coefficient (Wildman–Crippen LogP) is 3.96. The largest absolute Gasteiger partial charge is 0.496 e. The van der Waals surface area contributed by atoms with Crippen LogP contribution in [0.5, 0.6) is 5.75 Å². The van der Waals surface area contributed by atoms with Crippen molar-refractivity contribution < 1.29 is 13.9 Å². The van der Waals surface area contributed by atoms with Crippen molar-refractivity contribution in [1.82, 2.24) is 10.2 Å². The Labute approximate surface area is 155 Å². The summed E-state index contributed by atoms with van der Waals surface area (Å²) in [5.41, 5.74) is 2.92. The van der Waals surface area contributed by atoms with E-state index in [1.807, 2.05) is 48.5 Å². The highest BCUT2D eigenvalue weighted by molar-refractivity contribution is 8.00. The number of carbonyl (C=O) groups excluding carboxylic acids is 1. The number of thioether (sulfide) groups is 1. The standard InChI is InChI=1S/C20H18N2O3S/c1-24-16-9-5-3-7-14(16)12-18-21-22-20(25-18)26-17-11-10-13-6-2-4-8-15(13)19(17)23/h2-9,17H,10-12H2,1H3/t17-/m1/s1. The molecular formula is C20H18N2O3S. The van der Waals surface area contributed by atoms with Gasteiger partial charge in [0.25, 0.3) is 5.22 Å². The maximum absolute atomic E-state index is 12.7. The number of methoxy groups -OCH3 is 1. The molecule has 0 saturated heterocycles. The minimum Gasteiger partial charge on any atom is -0.496 e. The van der Waals surface area contributed by atoms with Crippen molar-refractivity contribution in [3.05, 3.63) is 71.1 Å². The first-order valence-electron chi connectivity index (χ1n) is 8.47. The van der Waals surface area contributed by atoms with Crippen LogP contribution in [0, 0.1) is 0 Å². The summed E-state index contributed by atoms with van der Waals surface area (Å²) in [6.45, 7) is 0. The van der Waals surface area contributed by atoms with Gasteiger partial charge < -0.3 is 9.15 Å². The van der Waals surface area contributed by atoms with Crippen LogP contribution in [0.4, 0.5) is 0 Å². The number of ketones is 1. The molecule has 26 heavy (non-hydrogen) atoms. The second kappa shape index (κ2) is 7.33. The van der Waals surface area contributed by atoms with Gasteiger partial charge in [-0.2, -0.15) is 0 Å². The molecule has 1 aliphatic carbocycles. The maximum atomic E-state index is 12.7. The van der Waals surface area contributed by atoms with E-state index in [-0.39, 0.29) is 11.0 Å². The molecule has 1 aromatic heterocycles. The highest BCUT2D eigenvalue weighted by atomic mass is 32.2. The van der Waals surface area contributed by atoms with Gasteiger partial charge in [-0.3, -0.25) is 4.79 Å². The van der Waals surface area contributed by atoms with Gasteiger partial charge in [0.1, 0.15) is 5.75 Å². The van der Waals surface area contributed by atoms with E-state index in [2.05, 4.69) is 10.2 Å². The highest BCUT2D eigenvalue weighted by Crippen LogP contribution is 2.33. The fourth-order valence-corrected chi connectivity index (χ4v) is 4.12. The van der Waals surface area contributed by atoms with Crippen LogP contribution in [-0.2, 0) is 12.8 Å². The van der Waals surface area contributed by atoms with E-state index in [9.17, 15) is 4.79 Å². The normalized spacial score (nSPS) is 16.3. The van der Waals surface area contributed by atoms with Crippen molar-refractivity contribution in [2.45, 2.75) is 29.7 Å². The number of benzene rings is 2. The summed E-state index contributed by atoms with van der Waals surface area (Å²) in [4.78, 5) is 12.7. The third-order valence-electron chi connectivity index (χ3n) is 4.48. The fourth-order valence-electron chi connectivity index (χ4n) is 3.17. The molecule has 0 unspecified atom stereocenters. The lowest BCUT2D eigenvalue weighted by Gasteiger charge is -2.21. The van der Waals surface area contributed by atoms with Gasteiger partial charge in [-0.1, -0.05) is 54.2 Å². The molecule has 5 nitrogen and oxygen atoms in total. The molecule has 0 amide bonds. The van der Waals surface area contributed by atoms with Gasteiger partial charge >= 0.3 is 0 Å². The second-order valence-corrected chi connectivity index (χ2v) is 7.27. The molecule has 2 aromatic carbocycles. The Hall–Kier alpha value is -2.60. The zero-order valence-corrected chi connectivity index (χ0v) is 15.2. The number of para-hydroxylation sites is 1. The van der Waals surface area contributed by atoms with Gasteiger partial charge in [-0.05, 0) is 24.5 Å².